The molecule has 13 nitrogen and oxygen atoms in total. The second-order valence-corrected chi connectivity index (χ2v) is 11.5. The molecule has 1 aromatic carbocycles. The number of aromatic nitrogens is 7. The number of aromatic amines is 1. The summed E-state index contributed by atoms with van der Waals surface area (Å²) in [5.41, 5.74) is 3.02. The summed E-state index contributed by atoms with van der Waals surface area (Å²) in [5, 5.41) is 13.8. The summed E-state index contributed by atoms with van der Waals surface area (Å²) in [6.07, 6.45) is 6.49. The fourth-order valence-corrected chi connectivity index (χ4v) is 4.29. The van der Waals surface area contributed by atoms with Gasteiger partial charge in [-0.2, -0.15) is 10.1 Å². The number of aryl methyl sites for hydroxylation is 1. The molecule has 4 heterocycles. The number of pyridine rings is 1. The number of likely N-dealkylation sites (N-methyl/N-ethyl adjacent to an activating group) is 1. The molecule has 5 aromatic rings. The van der Waals surface area contributed by atoms with Crippen LogP contribution < -0.4 is 10.6 Å². The smallest absolute Gasteiger partial charge is 0.315 e. The second-order valence-electron chi connectivity index (χ2n) is 11.5. The van der Waals surface area contributed by atoms with Crippen molar-refractivity contribution in [2.24, 2.45) is 7.05 Å². The van der Waals surface area contributed by atoms with Gasteiger partial charge < -0.3 is 25.0 Å². The summed E-state index contributed by atoms with van der Waals surface area (Å²) in [6, 6.07) is 6.48. The van der Waals surface area contributed by atoms with E-state index in [9.17, 15) is 9.59 Å². The zero-order valence-electron chi connectivity index (χ0n) is 25.3. The molecule has 0 bridgehead atoms. The second kappa shape index (κ2) is 12.2. The van der Waals surface area contributed by atoms with Gasteiger partial charge in [-0.25, -0.2) is 14.4 Å². The van der Waals surface area contributed by atoms with Gasteiger partial charge in [0.2, 0.25) is 5.91 Å². The minimum atomic E-state index is -0.591. The summed E-state index contributed by atoms with van der Waals surface area (Å²) in [5.74, 6) is -0.784. The van der Waals surface area contributed by atoms with Crippen molar-refractivity contribution in [3.8, 4) is 22.6 Å². The quantitative estimate of drug-likeness (QED) is 0.214. The number of rotatable bonds is 9. The molecule has 0 aliphatic carbocycles. The van der Waals surface area contributed by atoms with Crippen molar-refractivity contribution < 1.29 is 18.5 Å². The molecular formula is C30H33FN10O3. The van der Waals surface area contributed by atoms with Gasteiger partial charge >= 0.3 is 11.8 Å². The Morgan fingerprint density at radius 1 is 1.18 bits per heavy atom. The number of fused-ring (bicyclic) bond motifs is 1. The molecule has 228 valence electrons. The fourth-order valence-electron chi connectivity index (χ4n) is 4.29. The van der Waals surface area contributed by atoms with Crippen LogP contribution in [0.4, 0.5) is 10.1 Å². The number of H-pyrrole nitrogens is 1. The first-order chi connectivity index (χ1) is 20.9. The van der Waals surface area contributed by atoms with Crippen molar-refractivity contribution in [1.82, 2.24) is 45.1 Å². The summed E-state index contributed by atoms with van der Waals surface area (Å²) >= 11 is 0. The van der Waals surface area contributed by atoms with E-state index in [1.807, 2.05) is 39.8 Å². The Balaban J connectivity index is 1.35. The number of benzene rings is 1. The summed E-state index contributed by atoms with van der Waals surface area (Å²) in [7, 11) is 5.57. The van der Waals surface area contributed by atoms with Crippen LogP contribution in [-0.4, -0.2) is 72.2 Å². The number of carbonyl (C=O) groups is 2. The maximum Gasteiger partial charge on any atom is 0.315 e. The van der Waals surface area contributed by atoms with Gasteiger partial charge in [0.25, 0.3) is 0 Å². The number of halogens is 1. The van der Waals surface area contributed by atoms with E-state index in [2.05, 4.69) is 40.8 Å². The summed E-state index contributed by atoms with van der Waals surface area (Å²) in [6.45, 7) is 6.26. The van der Waals surface area contributed by atoms with E-state index in [1.165, 1.54) is 12.1 Å². The zero-order valence-corrected chi connectivity index (χ0v) is 25.3. The van der Waals surface area contributed by atoms with Gasteiger partial charge in [-0.3, -0.25) is 14.3 Å². The average Bonchev–Trinajstić information content (AvgIpc) is 3.70. The number of carbonyl (C=O) groups excluding carboxylic acids is 2. The number of anilines is 1. The number of amides is 2. The van der Waals surface area contributed by atoms with Crippen LogP contribution in [0.3, 0.4) is 0 Å². The molecule has 3 N–H and O–H groups in total. The molecule has 0 radical (unpaired) electrons. The molecule has 0 spiro atoms. The molecule has 0 saturated carbocycles. The van der Waals surface area contributed by atoms with E-state index in [0.717, 1.165) is 0 Å². The molecule has 0 saturated heterocycles. The average molecular weight is 601 g/mol. The lowest BCUT2D eigenvalue weighted by molar-refractivity contribution is -0.111. The molecule has 0 aliphatic rings. The first-order valence-electron chi connectivity index (χ1n) is 13.8. The Bertz CT molecular complexity index is 1860. The Labute approximate surface area is 252 Å². The van der Waals surface area contributed by atoms with Crippen LogP contribution in [-0.2, 0) is 23.8 Å². The van der Waals surface area contributed by atoms with Crippen LogP contribution >= 0.6 is 0 Å². The van der Waals surface area contributed by atoms with Crippen molar-refractivity contribution in [3.63, 3.8) is 0 Å². The topological polar surface area (TPSA) is 160 Å². The van der Waals surface area contributed by atoms with Crippen LogP contribution in [0.1, 0.15) is 42.8 Å². The standard InChI is InChI=1S/C30H33FN10O3/c1-30(2,3)29-37-28(44-39-29)27(43)33-15-18-10-9-17(14-20(18)31)19-11-12-32-25-23(19)35-26(36-25)24-21(16-41(6)38-24)34-22(42)8-7-13-40(4)5/h7-12,14,16H,13,15H2,1-6H3,(H,33,43)(H,34,42)(H,32,35,36)/b8-7+. The molecule has 4 aromatic heterocycles. The molecule has 0 aliphatic heterocycles. The Kier molecular flexibility index (Phi) is 8.36. The first-order valence-corrected chi connectivity index (χ1v) is 13.8. The van der Waals surface area contributed by atoms with Crippen LogP contribution in [0.15, 0.2) is 53.3 Å². The molecule has 5 rings (SSSR count). The number of hydrogen-bond acceptors (Lipinski definition) is 9. The van der Waals surface area contributed by atoms with Crippen LogP contribution in [0.2, 0.25) is 0 Å². The van der Waals surface area contributed by atoms with Crippen molar-refractivity contribution in [2.75, 3.05) is 26.0 Å². The summed E-state index contributed by atoms with van der Waals surface area (Å²) in [4.78, 5) is 43.2. The summed E-state index contributed by atoms with van der Waals surface area (Å²) < 4.78 is 21.9. The van der Waals surface area contributed by atoms with Gasteiger partial charge in [-0.05, 0) is 31.8 Å². The van der Waals surface area contributed by atoms with Crippen LogP contribution in [0, 0.1) is 5.82 Å². The van der Waals surface area contributed by atoms with E-state index >= 15 is 4.39 Å². The third-order valence-corrected chi connectivity index (χ3v) is 6.54. The van der Waals surface area contributed by atoms with Crippen LogP contribution in [0.25, 0.3) is 33.8 Å². The molecular weight excluding hydrogens is 567 g/mol. The Morgan fingerprint density at radius 2 is 1.98 bits per heavy atom. The van der Waals surface area contributed by atoms with Gasteiger partial charge in [0.1, 0.15) is 5.82 Å². The van der Waals surface area contributed by atoms with Gasteiger partial charge in [0.15, 0.2) is 23.0 Å². The lowest BCUT2D eigenvalue weighted by Crippen LogP contribution is -2.24. The van der Waals surface area contributed by atoms with Crippen molar-refractivity contribution >= 4 is 28.7 Å². The number of hydrogen-bond donors (Lipinski definition) is 3. The number of imidazole rings is 1. The Hall–Kier alpha value is -5.24. The minimum absolute atomic E-state index is 0.0728. The Morgan fingerprint density at radius 3 is 2.68 bits per heavy atom. The maximum absolute atomic E-state index is 15.2. The SMILES string of the molecule is CN(C)C/C=C/C(=O)Nc1cn(C)nc1-c1nc2nccc(-c3ccc(CNC(=O)c4nc(C(C)(C)C)no4)c(F)c3)c2[nH]1. The molecule has 14 heteroatoms. The molecule has 0 atom stereocenters. The van der Waals surface area contributed by atoms with E-state index in [-0.39, 0.29) is 29.3 Å². The number of nitrogens with one attached hydrogen (secondary N) is 3. The highest BCUT2D eigenvalue weighted by Gasteiger charge is 2.24. The lowest BCUT2D eigenvalue weighted by Gasteiger charge is -2.10. The first kappa shape index (κ1) is 30.2. The van der Waals surface area contributed by atoms with Gasteiger partial charge in [-0.1, -0.05) is 44.1 Å². The maximum atomic E-state index is 15.2. The predicted octanol–water partition coefficient (Wildman–Crippen LogP) is 3.83. The minimum Gasteiger partial charge on any atom is -0.344 e. The molecule has 0 unspecified atom stereocenters. The monoisotopic (exact) mass is 600 g/mol. The zero-order chi connectivity index (χ0) is 31.6. The molecule has 0 fully saturated rings. The van der Waals surface area contributed by atoms with Gasteiger partial charge in [0, 0.05) is 55.1 Å². The predicted molar refractivity (Wildman–Crippen MR) is 162 cm³/mol. The third-order valence-electron chi connectivity index (χ3n) is 6.54. The number of nitrogens with zero attached hydrogens (tertiary/aromatic N) is 7. The van der Waals surface area contributed by atoms with Crippen LogP contribution in [0.5, 0.6) is 0 Å². The highest BCUT2D eigenvalue weighted by molar-refractivity contribution is 6.01. The third kappa shape index (κ3) is 6.70. The lowest BCUT2D eigenvalue weighted by atomic mass is 9.96. The largest absolute Gasteiger partial charge is 0.344 e. The molecule has 2 amide bonds. The fraction of sp³-hybridized carbons (Fsp3) is 0.300. The van der Waals surface area contributed by atoms with Crippen molar-refractivity contribution in [3.05, 3.63) is 71.9 Å². The highest BCUT2D eigenvalue weighted by Crippen LogP contribution is 2.31. The normalized spacial score (nSPS) is 12.0. The van der Waals surface area contributed by atoms with Crippen molar-refractivity contribution in [2.45, 2.75) is 32.7 Å². The molecule has 44 heavy (non-hydrogen) atoms. The van der Waals surface area contributed by atoms with E-state index in [1.54, 1.807) is 48.4 Å². The van der Waals surface area contributed by atoms with Crippen molar-refractivity contribution in [1.29, 1.82) is 0 Å². The van der Waals surface area contributed by atoms with E-state index < -0.39 is 11.7 Å². The van der Waals surface area contributed by atoms with E-state index in [0.29, 0.717) is 51.9 Å². The van der Waals surface area contributed by atoms with Gasteiger partial charge in [-0.15, -0.1) is 0 Å². The highest BCUT2D eigenvalue weighted by atomic mass is 19.1. The van der Waals surface area contributed by atoms with Gasteiger partial charge in [0.05, 0.1) is 11.2 Å². The van der Waals surface area contributed by atoms with E-state index in [4.69, 9.17) is 4.52 Å².